The van der Waals surface area contributed by atoms with E-state index in [0.717, 1.165) is 22.9 Å². The minimum atomic E-state index is 0.472. The van der Waals surface area contributed by atoms with Gasteiger partial charge in [0.15, 0.2) is 5.82 Å². The molecule has 1 aromatic carbocycles. The van der Waals surface area contributed by atoms with Crippen molar-refractivity contribution in [2.75, 3.05) is 11.6 Å². The molecule has 0 atom stereocenters. The van der Waals surface area contributed by atoms with Gasteiger partial charge in [0, 0.05) is 5.39 Å². The van der Waals surface area contributed by atoms with Crippen LogP contribution in [0.1, 0.15) is 5.56 Å². The Balaban J connectivity index is 2.78. The number of rotatable bonds is 2. The molecule has 2 aromatic rings. The monoisotopic (exact) mass is 188 g/mol. The van der Waals surface area contributed by atoms with E-state index in [9.17, 15) is 0 Å². The van der Waals surface area contributed by atoms with Crippen LogP contribution in [0.2, 0.25) is 0 Å². The minimum Gasteiger partial charge on any atom is -0.382 e. The molecule has 0 amide bonds. The molecule has 4 N–H and O–H groups in total. The number of benzene rings is 1. The summed E-state index contributed by atoms with van der Waals surface area (Å²) in [6.07, 6.45) is 2.61. The van der Waals surface area contributed by atoms with Crippen LogP contribution in [-0.2, 0) is 6.42 Å². The van der Waals surface area contributed by atoms with Crippen molar-refractivity contribution in [1.29, 1.82) is 0 Å². The Morgan fingerprint density at radius 1 is 1.50 bits per heavy atom. The second kappa shape index (κ2) is 3.06. The molecule has 1 heterocycles. The van der Waals surface area contributed by atoms with E-state index in [1.807, 2.05) is 24.3 Å². The zero-order chi connectivity index (χ0) is 10.1. The Morgan fingerprint density at radius 2 is 2.29 bits per heavy atom. The maximum Gasteiger partial charge on any atom is 0.155 e. The number of nitrogens with two attached hydrogens (primary N) is 2. The Labute approximate surface area is 81.8 Å². The van der Waals surface area contributed by atoms with Crippen LogP contribution in [0.3, 0.4) is 0 Å². The van der Waals surface area contributed by atoms with E-state index >= 15 is 0 Å². The topological polar surface area (TPSA) is 69.9 Å². The average molecular weight is 188 g/mol. The number of nitrogen functional groups attached to an aromatic ring is 2. The van der Waals surface area contributed by atoms with Gasteiger partial charge in [0.2, 0.25) is 0 Å². The predicted octanol–water partition coefficient (Wildman–Crippen LogP) is 1.06. The first-order chi connectivity index (χ1) is 6.74. The van der Waals surface area contributed by atoms with Gasteiger partial charge in [0.25, 0.3) is 0 Å². The Hall–Kier alpha value is -1.97. The maximum absolute atomic E-state index is 5.76. The van der Waals surface area contributed by atoms with E-state index in [4.69, 9.17) is 11.6 Å². The number of fused-ring (bicyclic) bond motifs is 1. The van der Waals surface area contributed by atoms with Gasteiger partial charge in [-0.2, -0.15) is 4.79 Å². The summed E-state index contributed by atoms with van der Waals surface area (Å²) in [6, 6.07) is 5.83. The fourth-order valence-corrected chi connectivity index (χ4v) is 1.62. The van der Waals surface area contributed by atoms with Crippen molar-refractivity contribution in [3.05, 3.63) is 36.4 Å². The summed E-state index contributed by atoms with van der Waals surface area (Å²) in [6.45, 7) is 3.70. The largest absolute Gasteiger partial charge is 0.382 e. The summed E-state index contributed by atoms with van der Waals surface area (Å²) in [5.74, 6) is 6.11. The van der Waals surface area contributed by atoms with Crippen molar-refractivity contribution >= 4 is 16.7 Å². The summed E-state index contributed by atoms with van der Waals surface area (Å²) in [4.78, 5) is 1.30. The van der Waals surface area contributed by atoms with Gasteiger partial charge in [-0.05, 0) is 18.1 Å². The molecule has 2 rings (SSSR count). The summed E-state index contributed by atoms with van der Waals surface area (Å²) in [5.41, 5.74) is 7.71. The molecule has 0 radical (unpaired) electrons. The van der Waals surface area contributed by atoms with E-state index in [2.05, 4.69) is 11.7 Å². The smallest absolute Gasteiger partial charge is 0.155 e. The molecule has 0 bridgehead atoms. The molecular formula is C10H12N4. The average Bonchev–Trinajstić information content (AvgIpc) is 2.44. The highest BCUT2D eigenvalue weighted by atomic mass is 15.5. The minimum absolute atomic E-state index is 0.472. The molecule has 0 spiro atoms. The molecule has 4 heteroatoms. The molecule has 0 aliphatic carbocycles. The molecule has 0 aliphatic heterocycles. The van der Waals surface area contributed by atoms with Gasteiger partial charge in [0.05, 0.1) is 5.52 Å². The fraction of sp³-hybridized carbons (Fsp3) is 0.100. The molecule has 4 nitrogen and oxygen atoms in total. The second-order valence-electron chi connectivity index (χ2n) is 3.13. The first kappa shape index (κ1) is 8.62. The number of aromatic nitrogens is 2. The maximum atomic E-state index is 5.76. The normalized spacial score (nSPS) is 10.6. The van der Waals surface area contributed by atoms with Crippen LogP contribution in [0.4, 0.5) is 5.82 Å². The molecule has 72 valence electrons. The van der Waals surface area contributed by atoms with Gasteiger partial charge in [0.1, 0.15) is 0 Å². The third-order valence-electron chi connectivity index (χ3n) is 2.21. The van der Waals surface area contributed by atoms with Crippen LogP contribution >= 0.6 is 0 Å². The van der Waals surface area contributed by atoms with Crippen LogP contribution < -0.4 is 11.6 Å². The number of hydrogen-bond donors (Lipinski definition) is 2. The van der Waals surface area contributed by atoms with Crippen molar-refractivity contribution in [3.63, 3.8) is 0 Å². The lowest BCUT2D eigenvalue weighted by Gasteiger charge is -1.99. The van der Waals surface area contributed by atoms with E-state index < -0.39 is 0 Å². The van der Waals surface area contributed by atoms with Crippen LogP contribution in [0.25, 0.3) is 10.9 Å². The van der Waals surface area contributed by atoms with Crippen molar-refractivity contribution < 1.29 is 0 Å². The van der Waals surface area contributed by atoms with Gasteiger partial charge in [-0.3, -0.25) is 0 Å². The highest BCUT2D eigenvalue weighted by Gasteiger charge is 2.08. The third-order valence-corrected chi connectivity index (χ3v) is 2.21. The summed E-state index contributed by atoms with van der Waals surface area (Å²) >= 11 is 0. The Bertz CT molecular complexity index is 484. The van der Waals surface area contributed by atoms with Crippen molar-refractivity contribution in [2.24, 2.45) is 0 Å². The number of allylic oxidation sites excluding steroid dienone is 1. The zero-order valence-electron chi connectivity index (χ0n) is 7.77. The van der Waals surface area contributed by atoms with Crippen LogP contribution in [0.15, 0.2) is 30.9 Å². The molecule has 14 heavy (non-hydrogen) atoms. The summed E-state index contributed by atoms with van der Waals surface area (Å²) < 4.78 is 0. The zero-order valence-corrected chi connectivity index (χ0v) is 7.77. The lowest BCUT2D eigenvalue weighted by Crippen LogP contribution is -2.09. The number of nitrogens with zero attached hydrogens (tertiary/aromatic N) is 2. The number of hydrogen-bond acceptors (Lipinski definition) is 3. The van der Waals surface area contributed by atoms with Gasteiger partial charge >= 0.3 is 0 Å². The van der Waals surface area contributed by atoms with Crippen molar-refractivity contribution in [2.45, 2.75) is 6.42 Å². The molecule has 0 fully saturated rings. The van der Waals surface area contributed by atoms with Crippen molar-refractivity contribution in [3.8, 4) is 0 Å². The summed E-state index contributed by atoms with van der Waals surface area (Å²) in [5, 5.41) is 4.90. The standard InChI is InChI=1S/C10H12N4/c1-2-4-7-5-3-6-8-9(7)10(11)13-14(8)12/h2-3,5-6H,1,4,12H2,(H2,11,13). The number of anilines is 1. The van der Waals surface area contributed by atoms with E-state index in [1.54, 1.807) is 0 Å². The lowest BCUT2D eigenvalue weighted by molar-refractivity contribution is 0.868. The molecular weight excluding hydrogens is 176 g/mol. The first-order valence-corrected chi connectivity index (χ1v) is 4.36. The van der Waals surface area contributed by atoms with Gasteiger partial charge in [-0.15, -0.1) is 11.7 Å². The van der Waals surface area contributed by atoms with Gasteiger partial charge in [-0.25, -0.2) is 0 Å². The SMILES string of the molecule is C=CCc1cccc2c1c(N)nn2N. The second-order valence-corrected chi connectivity index (χ2v) is 3.13. The van der Waals surface area contributed by atoms with E-state index in [0.29, 0.717) is 5.82 Å². The summed E-state index contributed by atoms with van der Waals surface area (Å²) in [7, 11) is 0. The highest BCUT2D eigenvalue weighted by molar-refractivity contribution is 5.92. The van der Waals surface area contributed by atoms with Crippen LogP contribution in [0, 0.1) is 0 Å². The Kier molecular flexibility index (Phi) is 1.89. The fourth-order valence-electron chi connectivity index (χ4n) is 1.62. The lowest BCUT2D eigenvalue weighted by atomic mass is 10.1. The van der Waals surface area contributed by atoms with Gasteiger partial charge < -0.3 is 11.6 Å². The van der Waals surface area contributed by atoms with Gasteiger partial charge in [-0.1, -0.05) is 18.2 Å². The molecule has 0 unspecified atom stereocenters. The quantitative estimate of drug-likeness (QED) is 0.547. The predicted molar refractivity (Wildman–Crippen MR) is 58.2 cm³/mol. The molecule has 1 aromatic heterocycles. The van der Waals surface area contributed by atoms with Crippen LogP contribution in [-0.4, -0.2) is 9.89 Å². The van der Waals surface area contributed by atoms with Crippen LogP contribution in [0.5, 0.6) is 0 Å². The first-order valence-electron chi connectivity index (χ1n) is 4.36. The molecule has 0 aliphatic rings. The molecule has 0 saturated heterocycles. The Morgan fingerprint density at radius 3 is 3.00 bits per heavy atom. The third kappa shape index (κ3) is 1.12. The van der Waals surface area contributed by atoms with Crippen molar-refractivity contribution in [1.82, 2.24) is 9.89 Å². The van der Waals surface area contributed by atoms with E-state index in [-0.39, 0.29) is 0 Å². The highest BCUT2D eigenvalue weighted by Crippen LogP contribution is 2.23. The van der Waals surface area contributed by atoms with E-state index in [1.165, 1.54) is 4.79 Å². The molecule has 0 saturated carbocycles.